The Morgan fingerprint density at radius 1 is 1.06 bits per heavy atom. The third-order valence-corrected chi connectivity index (χ3v) is 6.26. The van der Waals surface area contributed by atoms with Gasteiger partial charge in [-0.2, -0.15) is 0 Å². The van der Waals surface area contributed by atoms with Crippen LogP contribution in [0.25, 0.3) is 22.3 Å². The van der Waals surface area contributed by atoms with E-state index in [1.165, 1.54) is 0 Å². The van der Waals surface area contributed by atoms with E-state index in [9.17, 15) is 4.79 Å². The first-order chi connectivity index (χ1) is 14.6. The number of benzene rings is 1. The molecule has 0 radical (unpaired) electrons. The number of hydrogen-bond donors (Lipinski definition) is 2. The van der Waals surface area contributed by atoms with Gasteiger partial charge in [0.1, 0.15) is 11.3 Å². The largest absolute Gasteiger partial charge is 0.496 e. The second kappa shape index (κ2) is 7.39. The van der Waals surface area contributed by atoms with Gasteiger partial charge in [-0.3, -0.25) is 9.78 Å². The van der Waals surface area contributed by atoms with Crippen molar-refractivity contribution in [2.45, 2.75) is 45.8 Å². The highest BCUT2D eigenvalue weighted by Gasteiger charge is 2.52. The topological polar surface area (TPSA) is 85.6 Å². The Kier molecular flexibility index (Phi) is 5.10. The number of hydrogen-bond acceptors (Lipinski definition) is 6. The molecule has 2 aromatic heterocycles. The molecule has 1 amide bonds. The number of anilines is 1. The van der Waals surface area contributed by atoms with Crippen molar-refractivity contribution in [2.75, 3.05) is 19.4 Å². The fraction of sp³-hybridized carbons (Fsp3) is 0.391. The van der Waals surface area contributed by atoms with Gasteiger partial charge in [-0.1, -0.05) is 0 Å². The van der Waals surface area contributed by atoms with Crippen molar-refractivity contribution in [3.8, 4) is 11.3 Å². The normalized spacial score (nSPS) is 17.2. The lowest BCUT2D eigenvalue weighted by atomic mass is 9.77. The molecule has 31 heavy (non-hydrogen) atoms. The molecule has 3 heterocycles. The maximum absolute atomic E-state index is 12.9. The molecule has 1 aromatic carbocycles. The minimum atomic E-state index is -0.575. The Labute approximate surface area is 182 Å². The van der Waals surface area contributed by atoms with Crippen LogP contribution in [0.1, 0.15) is 43.7 Å². The van der Waals surface area contributed by atoms with Gasteiger partial charge >= 0.3 is 7.12 Å². The van der Waals surface area contributed by atoms with Crippen molar-refractivity contribution in [2.24, 2.45) is 0 Å². The fourth-order valence-corrected chi connectivity index (χ4v) is 3.70. The van der Waals surface area contributed by atoms with Crippen LogP contribution >= 0.6 is 0 Å². The third-order valence-electron chi connectivity index (χ3n) is 6.26. The zero-order valence-electron chi connectivity index (χ0n) is 19.0. The second-order valence-corrected chi connectivity index (χ2v) is 8.85. The quantitative estimate of drug-likeness (QED) is 0.628. The van der Waals surface area contributed by atoms with Gasteiger partial charge < -0.3 is 24.4 Å². The molecule has 7 nitrogen and oxygen atoms in total. The summed E-state index contributed by atoms with van der Waals surface area (Å²) in [5, 5.41) is 6.63. The smallest absolute Gasteiger partial charge is 0.455 e. The molecule has 1 aliphatic heterocycles. The number of amides is 1. The molecule has 1 saturated heterocycles. The van der Waals surface area contributed by atoms with Crippen LogP contribution in [0.4, 0.5) is 5.69 Å². The monoisotopic (exact) mass is 421 g/mol. The summed E-state index contributed by atoms with van der Waals surface area (Å²) >= 11 is 0. The van der Waals surface area contributed by atoms with E-state index in [2.05, 4.69) is 15.6 Å². The summed E-state index contributed by atoms with van der Waals surface area (Å²) in [5.41, 5.74) is 3.37. The molecule has 0 atom stereocenters. The minimum absolute atomic E-state index is 0.230. The van der Waals surface area contributed by atoms with Gasteiger partial charge in [-0.05, 0) is 52.8 Å². The number of aryl methyl sites for hydroxylation is 1. The summed E-state index contributed by atoms with van der Waals surface area (Å²) in [6.07, 6.45) is 1.72. The lowest BCUT2D eigenvalue weighted by Crippen LogP contribution is -2.41. The molecule has 2 N–H and O–H groups in total. The number of pyridine rings is 1. The van der Waals surface area contributed by atoms with Crippen LogP contribution in [0.3, 0.4) is 0 Å². The first-order valence-corrected chi connectivity index (χ1v) is 10.4. The second-order valence-electron chi connectivity index (χ2n) is 8.85. The molecule has 3 aromatic rings. The van der Waals surface area contributed by atoms with E-state index in [1.54, 1.807) is 13.2 Å². The molecule has 0 spiro atoms. The molecule has 4 rings (SSSR count). The van der Waals surface area contributed by atoms with Crippen molar-refractivity contribution in [1.82, 2.24) is 10.3 Å². The average Bonchev–Trinajstić information content (AvgIpc) is 3.20. The van der Waals surface area contributed by atoms with Gasteiger partial charge in [0.05, 0.1) is 16.8 Å². The summed E-state index contributed by atoms with van der Waals surface area (Å²) in [6.45, 7) is 9.97. The van der Waals surface area contributed by atoms with E-state index in [0.717, 1.165) is 22.4 Å². The maximum Gasteiger partial charge on any atom is 0.496 e. The van der Waals surface area contributed by atoms with E-state index in [1.807, 2.05) is 65.9 Å². The molecule has 1 fully saturated rings. The highest BCUT2D eigenvalue weighted by atomic mass is 16.7. The number of nitrogens with one attached hydrogen (secondary N) is 2. The zero-order valence-corrected chi connectivity index (χ0v) is 19.0. The molecule has 0 aliphatic carbocycles. The van der Waals surface area contributed by atoms with Crippen LogP contribution in [0.5, 0.6) is 0 Å². The van der Waals surface area contributed by atoms with Crippen LogP contribution in [0.15, 0.2) is 34.9 Å². The molecule has 0 bridgehead atoms. The third kappa shape index (κ3) is 3.49. The van der Waals surface area contributed by atoms with Crippen molar-refractivity contribution in [3.05, 3.63) is 41.7 Å². The Morgan fingerprint density at radius 3 is 2.29 bits per heavy atom. The van der Waals surface area contributed by atoms with Crippen LogP contribution in [0.2, 0.25) is 0 Å². The van der Waals surface area contributed by atoms with Crippen LogP contribution in [-0.4, -0.2) is 43.3 Å². The maximum atomic E-state index is 12.9. The number of furan rings is 1. The van der Waals surface area contributed by atoms with Gasteiger partial charge in [0.15, 0.2) is 0 Å². The SMILES string of the molecule is CNC(=O)c1c(-c2ccc(C)nc2)oc2cc(NC)c(B3OC(C)(C)C(C)(C)O3)cc12. The highest BCUT2D eigenvalue weighted by molar-refractivity contribution is 6.64. The molecule has 8 heteroatoms. The summed E-state index contributed by atoms with van der Waals surface area (Å²) in [4.78, 5) is 17.2. The molecule has 1 aliphatic rings. The van der Waals surface area contributed by atoms with E-state index >= 15 is 0 Å². The lowest BCUT2D eigenvalue weighted by Gasteiger charge is -2.32. The summed E-state index contributed by atoms with van der Waals surface area (Å²) in [6, 6.07) is 7.60. The Morgan fingerprint density at radius 2 is 1.74 bits per heavy atom. The van der Waals surface area contributed by atoms with Crippen molar-refractivity contribution >= 4 is 35.1 Å². The van der Waals surface area contributed by atoms with Gasteiger partial charge in [0, 0.05) is 54.2 Å². The first kappa shape index (κ1) is 21.4. The predicted octanol–water partition coefficient (Wildman–Crippen LogP) is 3.50. The van der Waals surface area contributed by atoms with Gasteiger partial charge in [-0.25, -0.2) is 0 Å². The molecular weight excluding hydrogens is 393 g/mol. The Balaban J connectivity index is 1.92. The minimum Gasteiger partial charge on any atom is -0.455 e. The molecule has 0 saturated carbocycles. The van der Waals surface area contributed by atoms with Crippen LogP contribution in [0, 0.1) is 6.92 Å². The summed E-state index contributed by atoms with van der Waals surface area (Å²) < 4.78 is 18.7. The fourth-order valence-electron chi connectivity index (χ4n) is 3.70. The first-order valence-electron chi connectivity index (χ1n) is 10.4. The van der Waals surface area contributed by atoms with Crippen LogP contribution in [-0.2, 0) is 9.31 Å². The highest BCUT2D eigenvalue weighted by Crippen LogP contribution is 2.39. The van der Waals surface area contributed by atoms with Crippen LogP contribution < -0.4 is 16.1 Å². The number of nitrogens with zero attached hydrogens (tertiary/aromatic N) is 1. The van der Waals surface area contributed by atoms with E-state index in [0.29, 0.717) is 22.3 Å². The lowest BCUT2D eigenvalue weighted by molar-refractivity contribution is 0.00578. The predicted molar refractivity (Wildman–Crippen MR) is 123 cm³/mol. The molecular formula is C23H28BN3O4. The van der Waals surface area contributed by atoms with Gasteiger partial charge in [0.2, 0.25) is 0 Å². The standard InChI is InChI=1S/C23H28BN3O4/c1-13-8-9-14(12-27-13)20-19(21(28)26-7)15-10-16(17(25-6)11-18(15)29-20)24-30-22(2,3)23(4,5)31-24/h8-12,25H,1-7H3,(H,26,28). The molecule has 0 unspecified atom stereocenters. The number of rotatable bonds is 4. The number of carbonyl (C=O) groups excluding carboxylic acids is 1. The van der Waals surface area contributed by atoms with Crippen molar-refractivity contribution in [3.63, 3.8) is 0 Å². The van der Waals surface area contributed by atoms with E-state index in [-0.39, 0.29) is 5.91 Å². The van der Waals surface area contributed by atoms with Gasteiger partial charge in [0.25, 0.3) is 5.91 Å². The van der Waals surface area contributed by atoms with Gasteiger partial charge in [-0.15, -0.1) is 0 Å². The van der Waals surface area contributed by atoms with Crippen molar-refractivity contribution in [1.29, 1.82) is 0 Å². The zero-order chi connectivity index (χ0) is 22.6. The number of carbonyl (C=O) groups is 1. The van der Waals surface area contributed by atoms with E-state index < -0.39 is 18.3 Å². The average molecular weight is 421 g/mol. The molecule has 162 valence electrons. The summed E-state index contributed by atoms with van der Waals surface area (Å²) in [5.74, 6) is 0.251. The summed E-state index contributed by atoms with van der Waals surface area (Å²) in [7, 11) is 2.87. The van der Waals surface area contributed by atoms with E-state index in [4.69, 9.17) is 13.7 Å². The number of fused-ring (bicyclic) bond motifs is 1. The Hall–Kier alpha value is -2.84. The Bertz CT molecular complexity index is 1140. The number of aromatic nitrogens is 1. The van der Waals surface area contributed by atoms with Crippen molar-refractivity contribution < 1.29 is 18.5 Å².